The Morgan fingerprint density at radius 2 is 2.20 bits per heavy atom. The Balaban J connectivity index is 1.93. The fourth-order valence-electron chi connectivity index (χ4n) is 0.980. The molecule has 0 spiro atoms. The summed E-state index contributed by atoms with van der Waals surface area (Å²) >= 11 is 0. The maximum atomic E-state index is 8.91. The van der Waals surface area contributed by atoms with Gasteiger partial charge >= 0.3 is 0 Å². The summed E-state index contributed by atoms with van der Waals surface area (Å²) in [6, 6.07) is 0.598. The van der Waals surface area contributed by atoms with Crippen molar-refractivity contribution in [3.05, 3.63) is 0 Å². The maximum absolute atomic E-state index is 8.91. The van der Waals surface area contributed by atoms with Gasteiger partial charge in [-0.1, -0.05) is 6.42 Å². The molecule has 0 aromatic rings. The van der Waals surface area contributed by atoms with E-state index in [9.17, 15) is 0 Å². The molecule has 0 amide bonds. The Kier molecular flexibility index (Phi) is 3.12. The first-order valence-corrected chi connectivity index (χ1v) is 3.85. The minimum atomic E-state index is -0.583. The molecule has 1 aliphatic carbocycles. The predicted octanol–water partition coefficient (Wildman–Crippen LogP) is -0.518. The Morgan fingerprint density at radius 1 is 1.50 bits per heavy atom. The molecule has 1 aliphatic rings. The molecule has 3 N–H and O–H groups in total. The Bertz CT molecular complexity index is 88.9. The quantitative estimate of drug-likeness (QED) is 0.499. The fourth-order valence-corrected chi connectivity index (χ4v) is 0.980. The summed E-state index contributed by atoms with van der Waals surface area (Å²) in [5.41, 5.74) is 0. The van der Waals surface area contributed by atoms with E-state index in [0.29, 0.717) is 12.6 Å². The van der Waals surface area contributed by atoms with Gasteiger partial charge in [0.1, 0.15) is 0 Å². The van der Waals surface area contributed by atoms with Crippen LogP contribution in [0.2, 0.25) is 0 Å². The van der Waals surface area contributed by atoms with Crippen molar-refractivity contribution in [2.45, 2.75) is 31.4 Å². The van der Waals surface area contributed by atoms with E-state index in [2.05, 4.69) is 5.32 Å². The summed E-state index contributed by atoms with van der Waals surface area (Å²) < 4.78 is 0. The first-order valence-electron chi connectivity index (χ1n) is 3.85. The fraction of sp³-hybridized carbons (Fsp3) is 1.00. The van der Waals surface area contributed by atoms with Crippen LogP contribution in [0, 0.1) is 0 Å². The third-order valence-corrected chi connectivity index (χ3v) is 1.96. The largest absolute Gasteiger partial charge is 0.394 e. The normalized spacial score (nSPS) is 22.2. The second kappa shape index (κ2) is 3.91. The molecule has 0 bridgehead atoms. The van der Waals surface area contributed by atoms with Crippen LogP contribution in [0.4, 0.5) is 0 Å². The van der Waals surface area contributed by atoms with Gasteiger partial charge in [-0.25, -0.2) is 0 Å². The van der Waals surface area contributed by atoms with Crippen molar-refractivity contribution in [3.63, 3.8) is 0 Å². The average Bonchev–Trinajstić information content (AvgIpc) is 1.84. The van der Waals surface area contributed by atoms with Gasteiger partial charge < -0.3 is 15.5 Å². The highest BCUT2D eigenvalue weighted by Gasteiger charge is 2.16. The average molecular weight is 145 g/mol. The third-order valence-electron chi connectivity index (χ3n) is 1.96. The van der Waals surface area contributed by atoms with Crippen LogP contribution >= 0.6 is 0 Å². The van der Waals surface area contributed by atoms with Gasteiger partial charge in [0.05, 0.1) is 12.7 Å². The molecule has 0 aromatic heterocycles. The first kappa shape index (κ1) is 7.98. The number of hydrogen-bond acceptors (Lipinski definition) is 3. The second-order valence-electron chi connectivity index (χ2n) is 2.87. The van der Waals surface area contributed by atoms with Crippen molar-refractivity contribution >= 4 is 0 Å². The first-order chi connectivity index (χ1) is 4.83. The number of aliphatic hydroxyl groups excluding tert-OH is 2. The van der Waals surface area contributed by atoms with Crippen LogP contribution in [0.1, 0.15) is 19.3 Å². The van der Waals surface area contributed by atoms with E-state index in [1.54, 1.807) is 0 Å². The summed E-state index contributed by atoms with van der Waals surface area (Å²) in [7, 11) is 0. The molecule has 3 heteroatoms. The third kappa shape index (κ3) is 2.25. The molecule has 1 saturated carbocycles. The lowest BCUT2D eigenvalue weighted by molar-refractivity contribution is 0.0886. The van der Waals surface area contributed by atoms with Gasteiger partial charge in [-0.15, -0.1) is 0 Å². The lowest BCUT2D eigenvalue weighted by Crippen LogP contribution is -2.40. The van der Waals surface area contributed by atoms with Crippen LogP contribution in [-0.2, 0) is 0 Å². The summed E-state index contributed by atoms with van der Waals surface area (Å²) in [5.74, 6) is 0. The van der Waals surface area contributed by atoms with Gasteiger partial charge in [0.25, 0.3) is 0 Å². The van der Waals surface area contributed by atoms with E-state index >= 15 is 0 Å². The van der Waals surface area contributed by atoms with Crippen LogP contribution in [-0.4, -0.2) is 35.5 Å². The summed E-state index contributed by atoms with van der Waals surface area (Å²) in [4.78, 5) is 0. The monoisotopic (exact) mass is 145 g/mol. The maximum Gasteiger partial charge on any atom is 0.0895 e. The zero-order valence-electron chi connectivity index (χ0n) is 6.08. The van der Waals surface area contributed by atoms with Gasteiger partial charge in [-0.3, -0.25) is 0 Å². The van der Waals surface area contributed by atoms with Crippen molar-refractivity contribution in [2.75, 3.05) is 13.2 Å². The van der Waals surface area contributed by atoms with Crippen LogP contribution in [0.3, 0.4) is 0 Å². The Hall–Kier alpha value is -0.120. The molecule has 1 fully saturated rings. The van der Waals surface area contributed by atoms with E-state index in [1.807, 2.05) is 0 Å². The molecule has 1 unspecified atom stereocenters. The van der Waals surface area contributed by atoms with Crippen molar-refractivity contribution in [2.24, 2.45) is 0 Å². The number of hydrogen-bond donors (Lipinski definition) is 3. The number of nitrogens with one attached hydrogen (secondary N) is 1. The molecular formula is C7H15NO2. The molecule has 0 saturated heterocycles. The van der Waals surface area contributed by atoms with Crippen LogP contribution in [0.25, 0.3) is 0 Å². The minimum absolute atomic E-state index is 0.139. The summed E-state index contributed by atoms with van der Waals surface area (Å²) in [5, 5.41) is 20.5. The molecule has 0 radical (unpaired) electrons. The molecule has 0 heterocycles. The highest BCUT2D eigenvalue weighted by Crippen LogP contribution is 2.17. The van der Waals surface area contributed by atoms with Gasteiger partial charge in [0.15, 0.2) is 0 Å². The summed E-state index contributed by atoms with van der Waals surface area (Å²) in [6.45, 7) is 0.390. The van der Waals surface area contributed by atoms with E-state index in [1.165, 1.54) is 19.3 Å². The minimum Gasteiger partial charge on any atom is -0.394 e. The lowest BCUT2D eigenvalue weighted by Gasteiger charge is -2.27. The van der Waals surface area contributed by atoms with Gasteiger partial charge in [-0.2, -0.15) is 0 Å². The van der Waals surface area contributed by atoms with Crippen LogP contribution in [0.5, 0.6) is 0 Å². The van der Waals surface area contributed by atoms with E-state index < -0.39 is 6.10 Å². The number of rotatable bonds is 4. The highest BCUT2D eigenvalue weighted by molar-refractivity contribution is 4.77. The molecule has 0 aliphatic heterocycles. The number of aliphatic hydroxyl groups is 2. The van der Waals surface area contributed by atoms with E-state index in [4.69, 9.17) is 10.2 Å². The molecule has 0 aromatic carbocycles. The SMILES string of the molecule is OCC(O)CNC1CCC1. The zero-order chi connectivity index (χ0) is 7.40. The summed E-state index contributed by atoms with van der Waals surface area (Å²) in [6.07, 6.45) is 3.16. The Morgan fingerprint density at radius 3 is 2.60 bits per heavy atom. The lowest BCUT2D eigenvalue weighted by atomic mass is 9.93. The topological polar surface area (TPSA) is 52.5 Å². The van der Waals surface area contributed by atoms with Crippen molar-refractivity contribution in [1.29, 1.82) is 0 Å². The van der Waals surface area contributed by atoms with Gasteiger partial charge in [0.2, 0.25) is 0 Å². The van der Waals surface area contributed by atoms with E-state index in [0.717, 1.165) is 0 Å². The van der Waals surface area contributed by atoms with Crippen LogP contribution in [0.15, 0.2) is 0 Å². The smallest absolute Gasteiger partial charge is 0.0895 e. The van der Waals surface area contributed by atoms with Gasteiger partial charge in [-0.05, 0) is 12.8 Å². The van der Waals surface area contributed by atoms with Crippen molar-refractivity contribution in [3.8, 4) is 0 Å². The molecular weight excluding hydrogens is 130 g/mol. The molecule has 1 rings (SSSR count). The molecule has 1 atom stereocenters. The standard InChI is InChI=1S/C7H15NO2/c9-5-7(10)4-8-6-2-1-3-6/h6-10H,1-5H2. The predicted molar refractivity (Wildman–Crippen MR) is 38.7 cm³/mol. The molecule has 3 nitrogen and oxygen atoms in total. The molecule has 60 valence electrons. The molecule has 10 heavy (non-hydrogen) atoms. The van der Waals surface area contributed by atoms with Crippen molar-refractivity contribution in [1.82, 2.24) is 5.32 Å². The zero-order valence-corrected chi connectivity index (χ0v) is 6.08. The Labute approximate surface area is 61.1 Å². The highest BCUT2D eigenvalue weighted by atomic mass is 16.3. The van der Waals surface area contributed by atoms with Gasteiger partial charge in [0, 0.05) is 12.6 Å². The van der Waals surface area contributed by atoms with Crippen LogP contribution < -0.4 is 5.32 Å². The van der Waals surface area contributed by atoms with E-state index in [-0.39, 0.29) is 6.61 Å². The second-order valence-corrected chi connectivity index (χ2v) is 2.87. The van der Waals surface area contributed by atoms with Crippen molar-refractivity contribution < 1.29 is 10.2 Å².